The number of azo groups is 1. The van der Waals surface area contributed by atoms with Gasteiger partial charge in [0.25, 0.3) is 20.2 Å². The predicted octanol–water partition coefficient (Wildman–Crippen LogP) is 2.42. The van der Waals surface area contributed by atoms with Gasteiger partial charge in [0.2, 0.25) is 5.91 Å². The first kappa shape index (κ1) is 28.1. The molecule has 18 heteroatoms. The van der Waals surface area contributed by atoms with Crippen molar-refractivity contribution in [2.75, 3.05) is 12.1 Å². The molecule has 1 amide bonds. The van der Waals surface area contributed by atoms with E-state index in [1.807, 2.05) is 0 Å². The third-order valence-corrected chi connectivity index (χ3v) is 6.71. The van der Waals surface area contributed by atoms with Crippen LogP contribution in [0.5, 0.6) is 5.75 Å². The predicted molar refractivity (Wildman–Crippen MR) is 129 cm³/mol. The lowest BCUT2D eigenvalue weighted by molar-refractivity contribution is -0.117. The maximum atomic E-state index is 12.2. The van der Waals surface area contributed by atoms with Crippen LogP contribution in [0.1, 0.15) is 6.92 Å². The first-order valence-electron chi connectivity index (χ1n) is 9.74. The molecule has 3 aromatic rings. The minimum absolute atomic E-state index is 0.0544. The van der Waals surface area contributed by atoms with Gasteiger partial charge >= 0.3 is 10.4 Å². The van der Waals surface area contributed by atoms with Gasteiger partial charge in [0.05, 0.1) is 21.2 Å². The lowest BCUT2D eigenvalue weighted by Crippen LogP contribution is -2.39. The summed E-state index contributed by atoms with van der Waals surface area (Å²) in [6, 6.07) is 8.69. The Morgan fingerprint density at radius 1 is 0.865 bits per heavy atom. The van der Waals surface area contributed by atoms with Gasteiger partial charge in [0, 0.05) is 19.4 Å². The number of carbonyl (C=O) groups is 1. The van der Waals surface area contributed by atoms with E-state index >= 15 is 0 Å². The summed E-state index contributed by atoms with van der Waals surface area (Å²) < 4.78 is 102. The quantitative estimate of drug-likeness (QED) is 0.173. The van der Waals surface area contributed by atoms with Crippen molar-refractivity contribution in [3.63, 3.8) is 0 Å². The summed E-state index contributed by atoms with van der Waals surface area (Å²) in [6.45, 7) is 1.12. The highest BCUT2D eigenvalue weighted by atomic mass is 32.3. The number of hydrazine groups is 1. The van der Waals surface area contributed by atoms with Crippen molar-refractivity contribution in [2.45, 2.75) is 16.7 Å². The number of benzene rings is 3. The van der Waals surface area contributed by atoms with Crippen molar-refractivity contribution in [1.82, 2.24) is 5.43 Å². The van der Waals surface area contributed by atoms with E-state index in [1.54, 1.807) is 0 Å². The molecular weight excluding hydrogens is 556 g/mol. The van der Waals surface area contributed by atoms with Crippen LogP contribution in [0.2, 0.25) is 0 Å². The smallest absolute Gasteiger partial charge is 0.359 e. The van der Waals surface area contributed by atoms with E-state index in [-0.39, 0.29) is 27.8 Å². The van der Waals surface area contributed by atoms with E-state index in [4.69, 9.17) is 4.55 Å². The van der Waals surface area contributed by atoms with Crippen LogP contribution in [0.25, 0.3) is 10.8 Å². The largest absolute Gasteiger partial charge is 0.446 e. The molecule has 0 fully saturated rings. The lowest BCUT2D eigenvalue weighted by Gasteiger charge is -2.23. The van der Waals surface area contributed by atoms with Gasteiger partial charge in [-0.05, 0) is 41.8 Å². The molecule has 0 heterocycles. The van der Waals surface area contributed by atoms with Crippen molar-refractivity contribution in [3.05, 3.63) is 48.5 Å². The number of nitrogens with zero attached hydrogens (tertiary/aromatic N) is 3. The lowest BCUT2D eigenvalue weighted by atomic mass is 10.1. The Morgan fingerprint density at radius 2 is 1.41 bits per heavy atom. The molecule has 3 aromatic carbocycles. The summed E-state index contributed by atoms with van der Waals surface area (Å²) in [5.41, 5.74) is 1.76. The highest BCUT2D eigenvalue weighted by molar-refractivity contribution is 7.86. The Bertz CT molecular complexity index is 1750. The molecule has 4 N–H and O–H groups in total. The van der Waals surface area contributed by atoms with Gasteiger partial charge in [0.15, 0.2) is 5.75 Å². The summed E-state index contributed by atoms with van der Waals surface area (Å²) in [5.74, 6) is -1.09. The molecule has 0 unspecified atom stereocenters. The Hall–Kier alpha value is -3.52. The first-order chi connectivity index (χ1) is 17.0. The van der Waals surface area contributed by atoms with Gasteiger partial charge in [-0.15, -0.1) is 10.2 Å². The van der Waals surface area contributed by atoms with Crippen LogP contribution in [-0.2, 0) is 35.4 Å². The Labute approximate surface area is 210 Å². The molecule has 0 spiro atoms. The second kappa shape index (κ2) is 10.1. The summed E-state index contributed by atoms with van der Waals surface area (Å²) in [4.78, 5) is 10.8. The van der Waals surface area contributed by atoms with Crippen LogP contribution in [0.4, 0.5) is 17.1 Å². The van der Waals surface area contributed by atoms with Crippen molar-refractivity contribution in [1.29, 1.82) is 0 Å². The van der Waals surface area contributed by atoms with E-state index in [0.717, 1.165) is 42.3 Å². The number of amides is 1. The maximum Gasteiger partial charge on any atom is 0.446 e. The van der Waals surface area contributed by atoms with Crippen molar-refractivity contribution >= 4 is 64.4 Å². The molecule has 0 saturated carbocycles. The fourth-order valence-corrected chi connectivity index (χ4v) is 4.69. The average molecular weight is 575 g/mol. The molecule has 37 heavy (non-hydrogen) atoms. The van der Waals surface area contributed by atoms with Gasteiger partial charge in [-0.1, -0.05) is 12.1 Å². The summed E-state index contributed by atoms with van der Waals surface area (Å²) in [5, 5.41) is 8.37. The van der Waals surface area contributed by atoms with Gasteiger partial charge in [0.1, 0.15) is 5.69 Å². The van der Waals surface area contributed by atoms with Crippen LogP contribution in [0.15, 0.2) is 68.6 Å². The van der Waals surface area contributed by atoms with Gasteiger partial charge < -0.3 is 4.18 Å². The number of hydrogen-bond acceptors (Lipinski definition) is 11. The Morgan fingerprint density at radius 3 is 1.92 bits per heavy atom. The molecule has 198 valence electrons. The van der Waals surface area contributed by atoms with E-state index in [1.165, 1.54) is 25.2 Å². The zero-order valence-corrected chi connectivity index (χ0v) is 21.2. The van der Waals surface area contributed by atoms with Crippen LogP contribution in [0, 0.1) is 0 Å². The summed E-state index contributed by atoms with van der Waals surface area (Å²) in [7, 11) is -13.4. The third kappa shape index (κ3) is 6.63. The summed E-state index contributed by atoms with van der Waals surface area (Å²) in [6.07, 6.45) is 0. The topological polar surface area (TPSA) is 229 Å². The molecule has 0 aliphatic carbocycles. The van der Waals surface area contributed by atoms with Crippen molar-refractivity contribution < 1.29 is 47.9 Å². The zero-order chi connectivity index (χ0) is 27.8. The van der Waals surface area contributed by atoms with Crippen LogP contribution in [-0.4, -0.2) is 51.9 Å². The fourth-order valence-electron chi connectivity index (χ4n) is 3.25. The van der Waals surface area contributed by atoms with Crippen molar-refractivity contribution in [3.8, 4) is 5.75 Å². The molecule has 0 saturated heterocycles. The van der Waals surface area contributed by atoms with E-state index in [0.29, 0.717) is 0 Å². The highest BCUT2D eigenvalue weighted by Crippen LogP contribution is 2.40. The second-order valence-electron chi connectivity index (χ2n) is 7.19. The van der Waals surface area contributed by atoms with Crippen LogP contribution < -0.4 is 14.6 Å². The number of carbonyl (C=O) groups excluding carboxylic acids is 1. The highest BCUT2D eigenvalue weighted by Gasteiger charge is 2.24. The Kier molecular flexibility index (Phi) is 7.65. The molecular formula is C19H18N4O11S3. The standard InChI is InChI=1S/C19H18N4O11S3/c1-11(24)23(20-2)17-10-14(36(28,29)30)8-12-7-13(35(25,26)27)9-16(19(12)17)22-21-15-5-3-4-6-18(15)34-37(31,32)33/h3-10,20H,1-2H3,(H,25,26,27)(H,28,29,30)(H,31,32,33). The second-order valence-corrected chi connectivity index (χ2v) is 11.1. The maximum absolute atomic E-state index is 12.2. The monoisotopic (exact) mass is 574 g/mol. The fraction of sp³-hybridized carbons (Fsp3) is 0.105. The first-order valence-corrected chi connectivity index (χ1v) is 14.0. The molecule has 0 aliphatic rings. The molecule has 0 aromatic heterocycles. The normalized spacial score (nSPS) is 12.7. The number of rotatable bonds is 8. The molecule has 0 bridgehead atoms. The molecule has 3 rings (SSSR count). The van der Waals surface area contributed by atoms with E-state index in [9.17, 15) is 39.2 Å². The van der Waals surface area contributed by atoms with Crippen LogP contribution >= 0.6 is 0 Å². The average Bonchev–Trinajstić information content (AvgIpc) is 2.75. The molecule has 0 aliphatic heterocycles. The number of anilines is 1. The molecule has 0 radical (unpaired) electrons. The molecule has 0 atom stereocenters. The van der Waals surface area contributed by atoms with E-state index in [2.05, 4.69) is 19.8 Å². The third-order valence-electron chi connectivity index (χ3n) is 4.66. The Balaban J connectivity index is 2.43. The number of nitrogens with one attached hydrogen (secondary N) is 1. The van der Waals surface area contributed by atoms with Gasteiger partial charge in [-0.3, -0.25) is 18.5 Å². The zero-order valence-electron chi connectivity index (χ0n) is 18.8. The van der Waals surface area contributed by atoms with Crippen molar-refractivity contribution in [2.24, 2.45) is 10.2 Å². The number of hydrogen-bond donors (Lipinski definition) is 4. The summed E-state index contributed by atoms with van der Waals surface area (Å²) >= 11 is 0. The van der Waals surface area contributed by atoms with Gasteiger partial charge in [-0.25, -0.2) is 10.4 Å². The number of para-hydroxylation sites is 1. The van der Waals surface area contributed by atoms with Crippen LogP contribution in [0.3, 0.4) is 0 Å². The number of fused-ring (bicyclic) bond motifs is 1. The van der Waals surface area contributed by atoms with E-state index < -0.39 is 52.1 Å². The molecule has 15 nitrogen and oxygen atoms in total. The minimum atomic E-state index is -4.94. The van der Waals surface area contributed by atoms with Gasteiger partial charge in [-0.2, -0.15) is 25.3 Å². The minimum Gasteiger partial charge on any atom is -0.359 e. The SMILES string of the molecule is CNN(C(C)=O)c1cc(S(=O)(=O)O)cc2cc(S(=O)(=O)O)cc(N=Nc3ccccc3OS(=O)(=O)O)c12.